The van der Waals surface area contributed by atoms with Crippen molar-refractivity contribution in [3.63, 3.8) is 0 Å². The first-order valence-corrected chi connectivity index (χ1v) is 9.06. The molecule has 1 aromatic carbocycles. The predicted molar refractivity (Wildman–Crippen MR) is 93.0 cm³/mol. The Morgan fingerprint density at radius 1 is 1.13 bits per heavy atom. The number of carbonyl (C=O) groups excluding carboxylic acids is 1. The number of rotatable bonds is 5. The van der Waals surface area contributed by atoms with Gasteiger partial charge >= 0.3 is 0 Å². The third-order valence-electron chi connectivity index (χ3n) is 5.37. The number of likely N-dealkylation sites (tertiary alicyclic amines) is 1. The fourth-order valence-electron chi connectivity index (χ4n) is 3.98. The molecule has 0 aromatic heterocycles. The van der Waals surface area contributed by atoms with Crippen LogP contribution < -0.4 is 11.1 Å². The van der Waals surface area contributed by atoms with Crippen LogP contribution in [0.5, 0.6) is 0 Å². The zero-order valence-corrected chi connectivity index (χ0v) is 13.9. The van der Waals surface area contributed by atoms with Crippen molar-refractivity contribution in [3.8, 4) is 0 Å². The van der Waals surface area contributed by atoms with Gasteiger partial charge in [-0.3, -0.25) is 4.79 Å². The van der Waals surface area contributed by atoms with E-state index >= 15 is 0 Å². The van der Waals surface area contributed by atoms with Crippen molar-refractivity contribution in [2.75, 3.05) is 13.1 Å². The zero-order chi connectivity index (χ0) is 16.1. The minimum Gasteiger partial charge on any atom is -0.353 e. The van der Waals surface area contributed by atoms with Crippen molar-refractivity contribution in [3.05, 3.63) is 35.9 Å². The van der Waals surface area contributed by atoms with Crippen molar-refractivity contribution >= 4 is 5.91 Å². The minimum absolute atomic E-state index is 0.0840. The van der Waals surface area contributed by atoms with Crippen LogP contribution in [0, 0.1) is 0 Å². The maximum absolute atomic E-state index is 12.2. The van der Waals surface area contributed by atoms with Crippen LogP contribution >= 0.6 is 0 Å². The highest BCUT2D eigenvalue weighted by Crippen LogP contribution is 2.26. The number of hydrogen-bond acceptors (Lipinski definition) is 3. The van der Waals surface area contributed by atoms with Gasteiger partial charge in [-0.25, -0.2) is 0 Å². The van der Waals surface area contributed by atoms with Crippen molar-refractivity contribution in [2.45, 2.75) is 63.1 Å². The molecule has 1 atom stereocenters. The van der Waals surface area contributed by atoms with Crippen LogP contribution in [0.1, 0.15) is 56.6 Å². The Hall–Kier alpha value is -1.39. The van der Waals surface area contributed by atoms with Gasteiger partial charge in [0.2, 0.25) is 5.91 Å². The SMILES string of the molecule is NC(CC(=O)NC1CCN(C2CCCC2)CC1)c1ccccc1. The lowest BCUT2D eigenvalue weighted by atomic mass is 10.0. The number of carbonyl (C=O) groups is 1. The molecule has 126 valence electrons. The largest absolute Gasteiger partial charge is 0.353 e. The quantitative estimate of drug-likeness (QED) is 0.878. The highest BCUT2D eigenvalue weighted by atomic mass is 16.1. The Kier molecular flexibility index (Phi) is 5.68. The second kappa shape index (κ2) is 7.93. The number of benzene rings is 1. The van der Waals surface area contributed by atoms with Crippen LogP contribution in [-0.2, 0) is 4.79 Å². The smallest absolute Gasteiger partial charge is 0.222 e. The van der Waals surface area contributed by atoms with Crippen LogP contribution in [-0.4, -0.2) is 36.0 Å². The number of nitrogens with one attached hydrogen (secondary N) is 1. The Bertz CT molecular complexity index is 491. The topological polar surface area (TPSA) is 58.4 Å². The van der Waals surface area contributed by atoms with E-state index in [-0.39, 0.29) is 11.9 Å². The molecule has 1 heterocycles. The number of amides is 1. The molecule has 1 aliphatic carbocycles. The monoisotopic (exact) mass is 315 g/mol. The van der Waals surface area contributed by atoms with Gasteiger partial charge in [-0.05, 0) is 31.2 Å². The molecule has 1 saturated carbocycles. The van der Waals surface area contributed by atoms with Crippen LogP contribution in [0.3, 0.4) is 0 Å². The van der Waals surface area contributed by atoms with E-state index in [4.69, 9.17) is 5.73 Å². The maximum atomic E-state index is 12.2. The van der Waals surface area contributed by atoms with E-state index in [1.807, 2.05) is 30.3 Å². The van der Waals surface area contributed by atoms with Gasteiger partial charge in [0.05, 0.1) is 0 Å². The van der Waals surface area contributed by atoms with Gasteiger partial charge in [0.1, 0.15) is 0 Å². The molecule has 1 aliphatic heterocycles. The van der Waals surface area contributed by atoms with Crippen LogP contribution in [0.4, 0.5) is 0 Å². The number of nitrogens with two attached hydrogens (primary N) is 1. The van der Waals surface area contributed by atoms with Crippen LogP contribution in [0.15, 0.2) is 30.3 Å². The molecule has 1 amide bonds. The summed E-state index contributed by atoms with van der Waals surface area (Å²) in [5.41, 5.74) is 7.16. The molecule has 0 bridgehead atoms. The standard InChI is InChI=1S/C19H29N3O/c20-18(15-6-2-1-3-7-15)14-19(23)21-16-10-12-22(13-11-16)17-8-4-5-9-17/h1-3,6-7,16-18H,4-5,8-14,20H2,(H,21,23). The minimum atomic E-state index is -0.213. The Morgan fingerprint density at radius 3 is 2.43 bits per heavy atom. The molecule has 1 aromatic rings. The number of hydrogen-bond donors (Lipinski definition) is 2. The lowest BCUT2D eigenvalue weighted by Gasteiger charge is -2.36. The summed E-state index contributed by atoms with van der Waals surface area (Å²) in [5.74, 6) is 0.0840. The van der Waals surface area contributed by atoms with Gasteiger partial charge in [0.15, 0.2) is 0 Å². The lowest BCUT2D eigenvalue weighted by Crippen LogP contribution is -2.47. The van der Waals surface area contributed by atoms with Crippen LogP contribution in [0.25, 0.3) is 0 Å². The van der Waals surface area contributed by atoms with E-state index < -0.39 is 0 Å². The molecule has 4 nitrogen and oxygen atoms in total. The fraction of sp³-hybridized carbons (Fsp3) is 0.632. The zero-order valence-electron chi connectivity index (χ0n) is 13.9. The first-order chi connectivity index (χ1) is 11.2. The van der Waals surface area contributed by atoms with Gasteiger partial charge < -0.3 is 16.0 Å². The van der Waals surface area contributed by atoms with E-state index in [0.717, 1.165) is 37.5 Å². The second-order valence-electron chi connectivity index (χ2n) is 7.04. The fourth-order valence-corrected chi connectivity index (χ4v) is 3.98. The van der Waals surface area contributed by atoms with Gasteiger partial charge in [-0.15, -0.1) is 0 Å². The number of nitrogens with zero attached hydrogens (tertiary/aromatic N) is 1. The highest BCUT2D eigenvalue weighted by molar-refractivity contribution is 5.77. The Balaban J connectivity index is 1.40. The van der Waals surface area contributed by atoms with E-state index in [1.54, 1.807) is 0 Å². The molecule has 23 heavy (non-hydrogen) atoms. The van der Waals surface area contributed by atoms with Gasteiger partial charge in [-0.1, -0.05) is 43.2 Å². The molecule has 1 saturated heterocycles. The van der Waals surface area contributed by atoms with E-state index in [1.165, 1.54) is 25.7 Å². The van der Waals surface area contributed by atoms with E-state index in [0.29, 0.717) is 12.5 Å². The summed E-state index contributed by atoms with van der Waals surface area (Å²) >= 11 is 0. The molecule has 0 spiro atoms. The normalized spacial score (nSPS) is 22.1. The first kappa shape index (κ1) is 16.5. The molecular weight excluding hydrogens is 286 g/mol. The molecular formula is C19H29N3O. The summed E-state index contributed by atoms with van der Waals surface area (Å²) in [6, 6.07) is 10.8. The number of piperidine rings is 1. The lowest BCUT2D eigenvalue weighted by molar-refractivity contribution is -0.122. The summed E-state index contributed by atoms with van der Waals surface area (Å²) in [4.78, 5) is 14.9. The highest BCUT2D eigenvalue weighted by Gasteiger charge is 2.27. The summed E-state index contributed by atoms with van der Waals surface area (Å²) in [5, 5.41) is 3.19. The first-order valence-electron chi connectivity index (χ1n) is 9.06. The molecule has 4 heteroatoms. The molecule has 2 fully saturated rings. The van der Waals surface area contributed by atoms with E-state index in [2.05, 4.69) is 10.2 Å². The summed E-state index contributed by atoms with van der Waals surface area (Å²) in [7, 11) is 0. The Labute approximate surface area is 139 Å². The van der Waals surface area contributed by atoms with Crippen molar-refractivity contribution in [1.82, 2.24) is 10.2 Å². The molecule has 1 unspecified atom stereocenters. The summed E-state index contributed by atoms with van der Waals surface area (Å²) in [6.45, 7) is 2.25. The van der Waals surface area contributed by atoms with Gasteiger partial charge in [0.25, 0.3) is 0 Å². The average molecular weight is 315 g/mol. The third kappa shape index (κ3) is 4.55. The summed E-state index contributed by atoms with van der Waals surface area (Å²) < 4.78 is 0. The van der Waals surface area contributed by atoms with Gasteiger partial charge in [0, 0.05) is 37.6 Å². The third-order valence-corrected chi connectivity index (χ3v) is 5.37. The molecule has 3 N–H and O–H groups in total. The summed E-state index contributed by atoms with van der Waals surface area (Å²) in [6.07, 6.45) is 8.02. The molecule has 2 aliphatic rings. The van der Waals surface area contributed by atoms with Crippen molar-refractivity contribution < 1.29 is 4.79 Å². The van der Waals surface area contributed by atoms with Crippen molar-refractivity contribution in [2.24, 2.45) is 5.73 Å². The van der Waals surface area contributed by atoms with E-state index in [9.17, 15) is 4.79 Å². The molecule has 3 rings (SSSR count). The van der Waals surface area contributed by atoms with Crippen LogP contribution in [0.2, 0.25) is 0 Å². The van der Waals surface area contributed by atoms with Crippen molar-refractivity contribution in [1.29, 1.82) is 0 Å². The average Bonchev–Trinajstić information content (AvgIpc) is 3.11. The Morgan fingerprint density at radius 2 is 1.78 bits per heavy atom. The van der Waals surface area contributed by atoms with Gasteiger partial charge in [-0.2, -0.15) is 0 Å². The maximum Gasteiger partial charge on any atom is 0.222 e. The second-order valence-corrected chi connectivity index (χ2v) is 7.04. The molecule has 0 radical (unpaired) electrons. The predicted octanol–water partition coefficient (Wildman–Crippen LogP) is 2.60.